The van der Waals surface area contributed by atoms with Gasteiger partial charge in [0.1, 0.15) is 17.3 Å². The first kappa shape index (κ1) is 19.3. The second-order valence-corrected chi connectivity index (χ2v) is 7.03. The first-order chi connectivity index (χ1) is 12.9. The minimum Gasteiger partial charge on any atom is -0.491 e. The third-order valence-electron chi connectivity index (χ3n) is 3.74. The van der Waals surface area contributed by atoms with Gasteiger partial charge in [0.05, 0.1) is 16.1 Å². The van der Waals surface area contributed by atoms with E-state index in [9.17, 15) is 4.79 Å². The number of allylic oxidation sites excluding steroid dienone is 1. The van der Waals surface area contributed by atoms with Gasteiger partial charge in [-0.25, -0.2) is 0 Å². The van der Waals surface area contributed by atoms with Crippen molar-refractivity contribution in [2.24, 2.45) is 0 Å². The van der Waals surface area contributed by atoms with Crippen molar-refractivity contribution in [2.45, 2.75) is 20.0 Å². The number of hydrogen-bond donors (Lipinski definition) is 0. The molecule has 0 bridgehead atoms. The first-order valence-electron chi connectivity index (χ1n) is 8.47. The van der Waals surface area contributed by atoms with E-state index < -0.39 is 0 Å². The van der Waals surface area contributed by atoms with Gasteiger partial charge >= 0.3 is 0 Å². The zero-order valence-electron chi connectivity index (χ0n) is 14.9. The number of halogens is 2. The standard InChI is InChI=1S/C22H18Cl2O3/c1-14(2)26-17-6-3-15(4-7-17)21(25)11-8-18-9-12-22(27-18)16-5-10-19(23)20(24)13-16/h3-14H,1-2H3/b11-8+. The maximum atomic E-state index is 12.3. The minimum absolute atomic E-state index is 0.0927. The van der Waals surface area contributed by atoms with Gasteiger partial charge in [-0.1, -0.05) is 23.2 Å². The summed E-state index contributed by atoms with van der Waals surface area (Å²) in [5.74, 6) is 1.85. The Labute approximate surface area is 168 Å². The van der Waals surface area contributed by atoms with Crippen molar-refractivity contribution < 1.29 is 13.9 Å². The van der Waals surface area contributed by atoms with Crippen molar-refractivity contribution in [3.8, 4) is 17.1 Å². The molecule has 5 heteroatoms. The average molecular weight is 401 g/mol. The Bertz CT molecular complexity index is 969. The van der Waals surface area contributed by atoms with Crippen molar-refractivity contribution in [2.75, 3.05) is 0 Å². The largest absolute Gasteiger partial charge is 0.491 e. The van der Waals surface area contributed by atoms with E-state index in [1.54, 1.807) is 48.5 Å². The molecule has 0 amide bonds. The highest BCUT2D eigenvalue weighted by Crippen LogP contribution is 2.29. The number of benzene rings is 2. The molecule has 0 N–H and O–H groups in total. The van der Waals surface area contributed by atoms with Gasteiger partial charge in [-0.15, -0.1) is 0 Å². The molecule has 0 radical (unpaired) electrons. The van der Waals surface area contributed by atoms with Crippen LogP contribution in [0.25, 0.3) is 17.4 Å². The van der Waals surface area contributed by atoms with Crippen LogP contribution in [0, 0.1) is 0 Å². The van der Waals surface area contributed by atoms with E-state index in [1.165, 1.54) is 6.08 Å². The summed E-state index contributed by atoms with van der Waals surface area (Å²) in [4.78, 5) is 12.3. The fourth-order valence-corrected chi connectivity index (χ4v) is 2.77. The lowest BCUT2D eigenvalue weighted by molar-refractivity contribution is 0.104. The van der Waals surface area contributed by atoms with Crippen LogP contribution in [0.15, 0.2) is 65.1 Å². The van der Waals surface area contributed by atoms with E-state index in [0.29, 0.717) is 27.1 Å². The molecule has 0 unspecified atom stereocenters. The van der Waals surface area contributed by atoms with Crippen LogP contribution in [0.2, 0.25) is 10.0 Å². The predicted molar refractivity (Wildman–Crippen MR) is 110 cm³/mol. The SMILES string of the molecule is CC(C)Oc1ccc(C(=O)/C=C/c2ccc(-c3ccc(Cl)c(Cl)c3)o2)cc1. The highest BCUT2D eigenvalue weighted by Gasteiger charge is 2.07. The smallest absolute Gasteiger partial charge is 0.185 e. The Morgan fingerprint density at radius 2 is 1.74 bits per heavy atom. The Morgan fingerprint density at radius 3 is 2.41 bits per heavy atom. The molecule has 2 aromatic carbocycles. The van der Waals surface area contributed by atoms with Crippen LogP contribution in [0.1, 0.15) is 30.0 Å². The quantitative estimate of drug-likeness (QED) is 0.332. The van der Waals surface area contributed by atoms with Gasteiger partial charge in [-0.3, -0.25) is 4.79 Å². The Kier molecular flexibility index (Phi) is 6.04. The fraction of sp³-hybridized carbons (Fsp3) is 0.136. The fourth-order valence-electron chi connectivity index (χ4n) is 2.47. The molecule has 0 fully saturated rings. The van der Waals surface area contributed by atoms with Crippen molar-refractivity contribution in [3.05, 3.63) is 82.0 Å². The predicted octanol–water partition coefficient (Wildman–Crippen LogP) is 6.94. The van der Waals surface area contributed by atoms with Crippen molar-refractivity contribution >= 4 is 35.1 Å². The van der Waals surface area contributed by atoms with Crippen molar-refractivity contribution in [1.82, 2.24) is 0 Å². The highest BCUT2D eigenvalue weighted by atomic mass is 35.5. The van der Waals surface area contributed by atoms with Crippen LogP contribution in [0.3, 0.4) is 0 Å². The number of hydrogen-bond acceptors (Lipinski definition) is 3. The average Bonchev–Trinajstić information content (AvgIpc) is 3.11. The maximum absolute atomic E-state index is 12.3. The van der Waals surface area contributed by atoms with Gasteiger partial charge in [0.2, 0.25) is 0 Å². The van der Waals surface area contributed by atoms with Gasteiger partial charge in [-0.05, 0) is 80.6 Å². The zero-order valence-corrected chi connectivity index (χ0v) is 16.4. The monoisotopic (exact) mass is 400 g/mol. The number of ether oxygens (including phenoxy) is 1. The summed E-state index contributed by atoms with van der Waals surface area (Å²) >= 11 is 12.0. The van der Waals surface area contributed by atoms with E-state index in [4.69, 9.17) is 32.4 Å². The summed E-state index contributed by atoms with van der Waals surface area (Å²) in [6.45, 7) is 3.91. The van der Waals surface area contributed by atoms with Crippen LogP contribution in [0.5, 0.6) is 5.75 Å². The number of carbonyl (C=O) groups excluding carboxylic acids is 1. The van der Waals surface area contributed by atoms with Gasteiger partial charge < -0.3 is 9.15 Å². The minimum atomic E-state index is -0.112. The summed E-state index contributed by atoms with van der Waals surface area (Å²) in [7, 11) is 0. The first-order valence-corrected chi connectivity index (χ1v) is 9.22. The van der Waals surface area contributed by atoms with Crippen LogP contribution in [-0.4, -0.2) is 11.9 Å². The molecule has 0 aliphatic carbocycles. The van der Waals surface area contributed by atoms with Gasteiger partial charge in [0.25, 0.3) is 0 Å². The molecule has 0 aliphatic rings. The molecule has 0 spiro atoms. The molecule has 0 aliphatic heterocycles. The van der Waals surface area contributed by atoms with Crippen LogP contribution >= 0.6 is 23.2 Å². The maximum Gasteiger partial charge on any atom is 0.185 e. The van der Waals surface area contributed by atoms with E-state index in [0.717, 1.165) is 11.3 Å². The molecular formula is C22H18Cl2O3. The third kappa shape index (κ3) is 5.03. The van der Waals surface area contributed by atoms with Crippen LogP contribution in [-0.2, 0) is 0 Å². The molecule has 3 rings (SSSR count). The second kappa shape index (κ2) is 8.47. The number of ketones is 1. The number of furan rings is 1. The van der Waals surface area contributed by atoms with Gasteiger partial charge in [0.15, 0.2) is 5.78 Å². The molecule has 0 saturated carbocycles. The summed E-state index contributed by atoms with van der Waals surface area (Å²) in [6, 6.07) is 16.0. The third-order valence-corrected chi connectivity index (χ3v) is 4.48. The van der Waals surface area contributed by atoms with E-state index in [2.05, 4.69) is 0 Å². The molecular weight excluding hydrogens is 383 g/mol. The van der Waals surface area contributed by atoms with E-state index in [-0.39, 0.29) is 11.9 Å². The molecule has 27 heavy (non-hydrogen) atoms. The van der Waals surface area contributed by atoms with Gasteiger partial charge in [0, 0.05) is 11.1 Å². The van der Waals surface area contributed by atoms with Crippen LogP contribution < -0.4 is 4.74 Å². The second-order valence-electron chi connectivity index (χ2n) is 6.22. The lowest BCUT2D eigenvalue weighted by atomic mass is 10.1. The molecule has 138 valence electrons. The molecule has 1 aromatic heterocycles. The zero-order chi connectivity index (χ0) is 19.4. The highest BCUT2D eigenvalue weighted by molar-refractivity contribution is 6.42. The molecule has 3 aromatic rings. The topological polar surface area (TPSA) is 39.4 Å². The Balaban J connectivity index is 1.70. The lowest BCUT2D eigenvalue weighted by Crippen LogP contribution is -2.05. The van der Waals surface area contributed by atoms with E-state index >= 15 is 0 Å². The molecule has 1 heterocycles. The normalized spacial score (nSPS) is 11.3. The molecule has 0 atom stereocenters. The van der Waals surface area contributed by atoms with Crippen LogP contribution in [0.4, 0.5) is 0 Å². The van der Waals surface area contributed by atoms with Crippen molar-refractivity contribution in [1.29, 1.82) is 0 Å². The summed E-state index contributed by atoms with van der Waals surface area (Å²) in [6.07, 6.45) is 3.22. The van der Waals surface area contributed by atoms with Gasteiger partial charge in [-0.2, -0.15) is 0 Å². The van der Waals surface area contributed by atoms with Crippen molar-refractivity contribution in [3.63, 3.8) is 0 Å². The Morgan fingerprint density at radius 1 is 1.00 bits per heavy atom. The van der Waals surface area contributed by atoms with E-state index in [1.807, 2.05) is 26.0 Å². The number of carbonyl (C=O) groups is 1. The summed E-state index contributed by atoms with van der Waals surface area (Å²) < 4.78 is 11.3. The molecule has 0 saturated heterocycles. The number of rotatable bonds is 6. The summed E-state index contributed by atoms with van der Waals surface area (Å²) in [5, 5.41) is 0.949. The Hall–Kier alpha value is -2.49. The molecule has 3 nitrogen and oxygen atoms in total. The summed E-state index contributed by atoms with van der Waals surface area (Å²) in [5.41, 5.74) is 1.40. The lowest BCUT2D eigenvalue weighted by Gasteiger charge is -2.09.